The number of hydrogen-bond acceptors (Lipinski definition) is 8. The molecular weight excluding hydrogens is 236 g/mol. The number of carbonyl (C=O) groups is 1. The van der Waals surface area contributed by atoms with Gasteiger partial charge in [-0.2, -0.15) is 0 Å². The number of amides is 1. The zero-order chi connectivity index (χ0) is 13.6. The zero-order valence-corrected chi connectivity index (χ0v) is 9.05. The van der Waals surface area contributed by atoms with Crippen molar-refractivity contribution in [1.82, 2.24) is 5.01 Å². The van der Waals surface area contributed by atoms with E-state index in [2.05, 4.69) is 0 Å². The molecule has 9 heteroatoms. The summed E-state index contributed by atoms with van der Waals surface area (Å²) in [4.78, 5) is 11.3. The molecule has 0 bridgehead atoms. The van der Waals surface area contributed by atoms with Crippen molar-refractivity contribution >= 4 is 5.91 Å². The summed E-state index contributed by atoms with van der Waals surface area (Å²) in [6.07, 6.45) is -7.67. The molecule has 0 aromatic heterocycles. The molecule has 0 heterocycles. The van der Waals surface area contributed by atoms with E-state index in [-0.39, 0.29) is 6.54 Å². The molecule has 0 spiro atoms. The van der Waals surface area contributed by atoms with Crippen LogP contribution >= 0.6 is 0 Å². The first-order valence-electron chi connectivity index (χ1n) is 4.86. The van der Waals surface area contributed by atoms with Crippen LogP contribution in [0.2, 0.25) is 0 Å². The lowest BCUT2D eigenvalue weighted by Crippen LogP contribution is -2.54. The lowest BCUT2D eigenvalue weighted by molar-refractivity contribution is -0.159. The minimum atomic E-state index is -2.07. The molecule has 0 aliphatic carbocycles. The lowest BCUT2D eigenvalue weighted by Gasteiger charge is -2.27. The first kappa shape index (κ1) is 16.2. The van der Waals surface area contributed by atoms with E-state index in [0.717, 1.165) is 0 Å². The molecule has 0 aliphatic heterocycles. The first-order valence-corrected chi connectivity index (χ1v) is 4.86. The van der Waals surface area contributed by atoms with Crippen molar-refractivity contribution in [2.24, 2.45) is 5.84 Å². The van der Waals surface area contributed by atoms with Crippen LogP contribution in [0.4, 0.5) is 0 Å². The molecule has 9 nitrogen and oxygen atoms in total. The minimum absolute atomic E-state index is 0.263. The molecule has 102 valence electrons. The Morgan fingerprint density at radius 3 is 2.06 bits per heavy atom. The van der Waals surface area contributed by atoms with Crippen molar-refractivity contribution in [3.05, 3.63) is 0 Å². The molecule has 0 radical (unpaired) electrons. The predicted molar refractivity (Wildman–Crippen MR) is 54.1 cm³/mol. The van der Waals surface area contributed by atoms with Crippen molar-refractivity contribution in [1.29, 1.82) is 0 Å². The van der Waals surface area contributed by atoms with Crippen LogP contribution < -0.4 is 5.84 Å². The average Bonchev–Trinajstić information content (AvgIpc) is 2.34. The highest BCUT2D eigenvalue weighted by Gasteiger charge is 2.35. The van der Waals surface area contributed by atoms with E-state index in [9.17, 15) is 20.1 Å². The van der Waals surface area contributed by atoms with E-state index < -0.39 is 43.5 Å². The van der Waals surface area contributed by atoms with Gasteiger partial charge in [0.05, 0.1) is 19.8 Å². The summed E-state index contributed by atoms with van der Waals surface area (Å²) in [5.74, 6) is 4.01. The van der Waals surface area contributed by atoms with Crippen LogP contribution in [0.3, 0.4) is 0 Å². The quantitative estimate of drug-likeness (QED) is 0.135. The fraction of sp³-hybridized carbons (Fsp3) is 0.875. The third kappa shape index (κ3) is 4.52. The monoisotopic (exact) mass is 254 g/mol. The summed E-state index contributed by atoms with van der Waals surface area (Å²) in [7, 11) is 0. The van der Waals surface area contributed by atoms with Gasteiger partial charge < -0.3 is 30.6 Å². The molecule has 0 rings (SSSR count). The Kier molecular flexibility index (Phi) is 7.15. The summed E-state index contributed by atoms with van der Waals surface area (Å²) in [5, 5.41) is 54.4. The molecule has 0 aromatic carbocycles. The van der Waals surface area contributed by atoms with Crippen molar-refractivity contribution < 1.29 is 35.4 Å². The molecule has 0 aliphatic rings. The molecular formula is C8H18N2O7. The van der Waals surface area contributed by atoms with Crippen LogP contribution in [-0.2, 0) is 4.79 Å². The summed E-state index contributed by atoms with van der Waals surface area (Å²) in [5.41, 5.74) is 0. The Labute approximate surface area is 97.3 Å². The second kappa shape index (κ2) is 7.50. The summed E-state index contributed by atoms with van der Waals surface area (Å²) >= 11 is 0. The SMILES string of the molecule is NN(CCO)C(=O)C(O)C(O)C(O)C(O)CO. The predicted octanol–water partition coefficient (Wildman–Crippen LogP) is -4.88. The third-order valence-corrected chi connectivity index (χ3v) is 2.13. The van der Waals surface area contributed by atoms with Crippen LogP contribution in [0, 0.1) is 0 Å². The van der Waals surface area contributed by atoms with E-state index in [1.165, 1.54) is 0 Å². The maximum absolute atomic E-state index is 11.3. The maximum Gasteiger partial charge on any atom is 0.268 e. The highest BCUT2D eigenvalue weighted by atomic mass is 16.4. The summed E-state index contributed by atoms with van der Waals surface area (Å²) in [6, 6.07) is 0. The molecule has 1 amide bonds. The Hall–Kier alpha value is -0.810. The van der Waals surface area contributed by atoms with Gasteiger partial charge in [-0.05, 0) is 0 Å². The van der Waals surface area contributed by atoms with Gasteiger partial charge >= 0.3 is 0 Å². The second-order valence-corrected chi connectivity index (χ2v) is 3.43. The number of carbonyl (C=O) groups excluding carboxylic acids is 1. The van der Waals surface area contributed by atoms with Gasteiger partial charge in [-0.25, -0.2) is 5.84 Å². The van der Waals surface area contributed by atoms with E-state index in [1.807, 2.05) is 0 Å². The Balaban J connectivity index is 4.47. The largest absolute Gasteiger partial charge is 0.394 e. The maximum atomic E-state index is 11.3. The highest BCUT2D eigenvalue weighted by molar-refractivity contribution is 5.80. The number of nitrogens with zero attached hydrogens (tertiary/aromatic N) is 1. The molecule has 0 saturated heterocycles. The van der Waals surface area contributed by atoms with E-state index in [4.69, 9.17) is 21.2 Å². The normalized spacial score (nSPS) is 18.3. The van der Waals surface area contributed by atoms with Crippen molar-refractivity contribution in [3.8, 4) is 0 Å². The summed E-state index contributed by atoms with van der Waals surface area (Å²) < 4.78 is 0. The molecule has 0 fully saturated rings. The molecule has 0 saturated carbocycles. The number of aliphatic hydroxyl groups is 6. The van der Waals surface area contributed by atoms with Gasteiger partial charge in [-0.3, -0.25) is 9.80 Å². The lowest BCUT2D eigenvalue weighted by atomic mass is 10.0. The molecule has 4 unspecified atom stereocenters. The van der Waals surface area contributed by atoms with Crippen LogP contribution in [0.5, 0.6) is 0 Å². The minimum Gasteiger partial charge on any atom is -0.394 e. The van der Waals surface area contributed by atoms with Crippen LogP contribution in [0.1, 0.15) is 0 Å². The van der Waals surface area contributed by atoms with E-state index in [0.29, 0.717) is 5.01 Å². The first-order chi connectivity index (χ1) is 7.86. The topological polar surface area (TPSA) is 168 Å². The number of hydrogen-bond donors (Lipinski definition) is 7. The summed E-state index contributed by atoms with van der Waals surface area (Å²) in [6.45, 7) is -1.55. The van der Waals surface area contributed by atoms with E-state index >= 15 is 0 Å². The van der Waals surface area contributed by atoms with Crippen molar-refractivity contribution in [3.63, 3.8) is 0 Å². The van der Waals surface area contributed by atoms with Gasteiger partial charge in [0.15, 0.2) is 6.10 Å². The molecule has 8 N–H and O–H groups in total. The standard InChI is InChI=1S/C8H18N2O7/c9-10(1-2-11)8(17)7(16)6(15)5(14)4(13)3-12/h4-7,11-16H,1-3,9H2. The van der Waals surface area contributed by atoms with Crippen molar-refractivity contribution in [2.75, 3.05) is 19.8 Å². The highest BCUT2D eigenvalue weighted by Crippen LogP contribution is 2.06. The third-order valence-electron chi connectivity index (χ3n) is 2.13. The van der Waals surface area contributed by atoms with Gasteiger partial charge in [0.2, 0.25) is 0 Å². The van der Waals surface area contributed by atoms with E-state index in [1.54, 1.807) is 0 Å². The van der Waals surface area contributed by atoms with Gasteiger partial charge in [-0.15, -0.1) is 0 Å². The molecule has 4 atom stereocenters. The number of rotatable bonds is 7. The second-order valence-electron chi connectivity index (χ2n) is 3.43. The number of hydrazine groups is 1. The fourth-order valence-electron chi connectivity index (χ4n) is 1.06. The number of nitrogens with two attached hydrogens (primary N) is 1. The van der Waals surface area contributed by atoms with Crippen molar-refractivity contribution in [2.45, 2.75) is 24.4 Å². The van der Waals surface area contributed by atoms with Gasteiger partial charge in [-0.1, -0.05) is 0 Å². The van der Waals surface area contributed by atoms with Gasteiger partial charge in [0.25, 0.3) is 5.91 Å². The van der Waals surface area contributed by atoms with Crippen LogP contribution in [0.15, 0.2) is 0 Å². The average molecular weight is 254 g/mol. The van der Waals surface area contributed by atoms with Gasteiger partial charge in [0.1, 0.15) is 18.3 Å². The Morgan fingerprint density at radius 2 is 1.65 bits per heavy atom. The molecule has 17 heavy (non-hydrogen) atoms. The van der Waals surface area contributed by atoms with Crippen LogP contribution in [-0.4, -0.2) is 85.7 Å². The fourth-order valence-corrected chi connectivity index (χ4v) is 1.06. The Bertz CT molecular complexity index is 240. The van der Waals surface area contributed by atoms with Gasteiger partial charge in [0, 0.05) is 0 Å². The number of aliphatic hydroxyl groups excluding tert-OH is 6. The smallest absolute Gasteiger partial charge is 0.268 e. The zero-order valence-electron chi connectivity index (χ0n) is 9.05. The Morgan fingerprint density at radius 1 is 1.12 bits per heavy atom. The molecule has 0 aromatic rings. The van der Waals surface area contributed by atoms with Crippen LogP contribution in [0.25, 0.3) is 0 Å².